The molecule has 1 aromatic rings. The molecule has 0 aliphatic heterocycles. The summed E-state index contributed by atoms with van der Waals surface area (Å²) in [5, 5.41) is 11.2. The Labute approximate surface area is 119 Å². The maximum Gasteiger partial charge on any atom is 0.317 e. The van der Waals surface area contributed by atoms with Gasteiger partial charge >= 0.3 is 5.97 Å². The van der Waals surface area contributed by atoms with Crippen molar-refractivity contribution in [1.82, 2.24) is 9.80 Å². The van der Waals surface area contributed by atoms with Gasteiger partial charge in [0.2, 0.25) is 0 Å². The molecule has 0 saturated heterocycles. The molecule has 0 radical (unpaired) electrons. The molecule has 1 N–H and O–H groups in total. The Morgan fingerprint density at radius 2 is 2.05 bits per heavy atom. The highest BCUT2D eigenvalue weighted by atomic mass is 32.1. The lowest BCUT2D eigenvalue weighted by Gasteiger charge is -2.33. The number of carboxylic acid groups (broad SMARTS) is 1. The zero-order valence-corrected chi connectivity index (χ0v) is 13.0. The maximum absolute atomic E-state index is 11.1. The van der Waals surface area contributed by atoms with Crippen molar-refractivity contribution in [2.24, 2.45) is 5.92 Å². The first-order valence-corrected chi connectivity index (χ1v) is 7.43. The van der Waals surface area contributed by atoms with E-state index in [0.717, 1.165) is 13.1 Å². The molecule has 0 saturated carbocycles. The van der Waals surface area contributed by atoms with Crippen LogP contribution in [0.3, 0.4) is 0 Å². The van der Waals surface area contributed by atoms with E-state index in [1.807, 2.05) is 20.2 Å². The van der Waals surface area contributed by atoms with Gasteiger partial charge in [-0.2, -0.15) is 0 Å². The maximum atomic E-state index is 11.1. The number of carboxylic acids is 1. The second-order valence-electron chi connectivity index (χ2n) is 5.37. The topological polar surface area (TPSA) is 43.8 Å². The van der Waals surface area contributed by atoms with Gasteiger partial charge in [0.05, 0.1) is 6.54 Å². The van der Waals surface area contributed by atoms with Crippen molar-refractivity contribution in [3.63, 3.8) is 0 Å². The number of hydrogen-bond donors (Lipinski definition) is 1. The second kappa shape index (κ2) is 7.62. The van der Waals surface area contributed by atoms with E-state index in [-0.39, 0.29) is 12.6 Å². The Morgan fingerprint density at radius 1 is 1.37 bits per heavy atom. The molecule has 1 heterocycles. The van der Waals surface area contributed by atoms with Gasteiger partial charge in [0.25, 0.3) is 0 Å². The molecule has 1 unspecified atom stereocenters. The first kappa shape index (κ1) is 16.1. The van der Waals surface area contributed by atoms with Gasteiger partial charge < -0.3 is 10.0 Å². The first-order valence-electron chi connectivity index (χ1n) is 6.55. The van der Waals surface area contributed by atoms with Crippen LogP contribution in [-0.2, 0) is 4.79 Å². The lowest BCUT2D eigenvalue weighted by molar-refractivity contribution is -0.139. The predicted molar refractivity (Wildman–Crippen MR) is 79.7 cm³/mol. The fourth-order valence-electron chi connectivity index (χ4n) is 2.21. The molecule has 0 fully saturated rings. The van der Waals surface area contributed by atoms with Crippen LogP contribution in [-0.4, -0.2) is 54.6 Å². The molecule has 5 heteroatoms. The van der Waals surface area contributed by atoms with E-state index in [9.17, 15) is 4.79 Å². The smallest absolute Gasteiger partial charge is 0.317 e. The Bertz CT molecular complexity index is 377. The number of aliphatic carboxylic acids is 1. The van der Waals surface area contributed by atoms with E-state index in [0.29, 0.717) is 5.92 Å². The average molecular weight is 284 g/mol. The van der Waals surface area contributed by atoms with E-state index in [1.54, 1.807) is 11.3 Å². The molecule has 0 amide bonds. The van der Waals surface area contributed by atoms with Crippen molar-refractivity contribution in [1.29, 1.82) is 0 Å². The molecule has 108 valence electrons. The number of rotatable bonds is 8. The predicted octanol–water partition coefficient (Wildman–Crippen LogP) is 2.39. The molecule has 0 spiro atoms. The molecular weight excluding hydrogens is 260 g/mol. The van der Waals surface area contributed by atoms with Crippen molar-refractivity contribution >= 4 is 17.3 Å². The van der Waals surface area contributed by atoms with Gasteiger partial charge in [0.15, 0.2) is 0 Å². The number of nitrogens with zero attached hydrogens (tertiary/aromatic N) is 2. The lowest BCUT2D eigenvalue weighted by atomic mass is 10.0. The van der Waals surface area contributed by atoms with Crippen molar-refractivity contribution in [3.8, 4) is 0 Å². The number of carbonyl (C=O) groups is 1. The van der Waals surface area contributed by atoms with E-state index in [4.69, 9.17) is 5.11 Å². The summed E-state index contributed by atoms with van der Waals surface area (Å²) >= 11 is 1.70. The summed E-state index contributed by atoms with van der Waals surface area (Å²) in [7, 11) is 4.02. The Morgan fingerprint density at radius 3 is 2.47 bits per heavy atom. The molecular formula is C14H24N2O2S. The van der Waals surface area contributed by atoms with E-state index in [1.165, 1.54) is 4.88 Å². The largest absolute Gasteiger partial charge is 0.480 e. The summed E-state index contributed by atoms with van der Waals surface area (Å²) in [5.41, 5.74) is 0. The molecule has 0 aliphatic rings. The average Bonchev–Trinajstić information content (AvgIpc) is 2.78. The van der Waals surface area contributed by atoms with Crippen molar-refractivity contribution in [2.75, 3.05) is 33.7 Å². The van der Waals surface area contributed by atoms with Crippen LogP contribution >= 0.6 is 11.3 Å². The van der Waals surface area contributed by atoms with E-state index < -0.39 is 5.97 Å². The first-order chi connectivity index (χ1) is 8.91. The normalized spacial score (nSPS) is 13.4. The SMILES string of the molecule is CC(C)C(c1cccs1)N(CCN(C)C)CC(=O)O. The van der Waals surface area contributed by atoms with Crippen LogP contribution in [0.2, 0.25) is 0 Å². The van der Waals surface area contributed by atoms with E-state index >= 15 is 0 Å². The second-order valence-corrected chi connectivity index (χ2v) is 6.35. The summed E-state index contributed by atoms with van der Waals surface area (Å²) in [4.78, 5) is 16.5. The van der Waals surface area contributed by atoms with Crippen LogP contribution in [0.25, 0.3) is 0 Å². The third-order valence-corrected chi connectivity index (χ3v) is 3.98. The minimum atomic E-state index is -0.763. The number of thiophene rings is 1. The minimum absolute atomic E-state index is 0.0919. The fraction of sp³-hybridized carbons (Fsp3) is 0.643. The van der Waals surface area contributed by atoms with Crippen molar-refractivity contribution in [2.45, 2.75) is 19.9 Å². The highest BCUT2D eigenvalue weighted by molar-refractivity contribution is 7.10. The fourth-order valence-corrected chi connectivity index (χ4v) is 3.24. The van der Waals surface area contributed by atoms with Crippen LogP contribution in [0.15, 0.2) is 17.5 Å². The highest BCUT2D eigenvalue weighted by Crippen LogP contribution is 2.31. The van der Waals surface area contributed by atoms with E-state index in [2.05, 4.69) is 35.1 Å². The van der Waals surface area contributed by atoms with Gasteiger partial charge in [0, 0.05) is 24.0 Å². The molecule has 4 nitrogen and oxygen atoms in total. The monoisotopic (exact) mass is 284 g/mol. The summed E-state index contributed by atoms with van der Waals surface area (Å²) in [5.74, 6) is -0.374. The van der Waals surface area contributed by atoms with Gasteiger partial charge in [-0.25, -0.2) is 0 Å². The third kappa shape index (κ3) is 5.30. The Hall–Kier alpha value is -0.910. The van der Waals surface area contributed by atoms with Crippen LogP contribution in [0, 0.1) is 5.92 Å². The van der Waals surface area contributed by atoms with Gasteiger partial charge in [-0.05, 0) is 31.5 Å². The number of likely N-dealkylation sites (N-methyl/N-ethyl adjacent to an activating group) is 1. The molecule has 1 atom stereocenters. The molecule has 1 aromatic heterocycles. The van der Waals surface area contributed by atoms with Gasteiger partial charge in [0.1, 0.15) is 0 Å². The third-order valence-electron chi connectivity index (χ3n) is 3.03. The molecule has 0 aromatic carbocycles. The van der Waals surface area contributed by atoms with Crippen LogP contribution in [0.1, 0.15) is 24.8 Å². The van der Waals surface area contributed by atoms with Crippen molar-refractivity contribution in [3.05, 3.63) is 22.4 Å². The molecule has 1 rings (SSSR count). The zero-order valence-electron chi connectivity index (χ0n) is 12.2. The van der Waals surface area contributed by atoms with Crippen LogP contribution < -0.4 is 0 Å². The summed E-state index contributed by atoms with van der Waals surface area (Å²) < 4.78 is 0. The Kier molecular flexibility index (Phi) is 6.48. The summed E-state index contributed by atoms with van der Waals surface area (Å²) in [6.07, 6.45) is 0. The van der Waals surface area contributed by atoms with Gasteiger partial charge in [-0.3, -0.25) is 9.69 Å². The van der Waals surface area contributed by atoms with Crippen LogP contribution in [0.4, 0.5) is 0 Å². The van der Waals surface area contributed by atoms with Gasteiger partial charge in [-0.15, -0.1) is 11.3 Å². The van der Waals surface area contributed by atoms with Gasteiger partial charge in [-0.1, -0.05) is 19.9 Å². The standard InChI is InChI=1S/C14H24N2O2S/c1-11(2)14(12-6-5-9-19-12)16(10-13(17)18)8-7-15(3)4/h5-6,9,11,14H,7-8,10H2,1-4H3,(H,17,18). The molecule has 0 aliphatic carbocycles. The number of hydrogen-bond acceptors (Lipinski definition) is 4. The van der Waals surface area contributed by atoms with Crippen molar-refractivity contribution < 1.29 is 9.90 Å². The zero-order chi connectivity index (χ0) is 14.4. The lowest BCUT2D eigenvalue weighted by Crippen LogP contribution is -2.40. The Balaban J connectivity index is 2.87. The molecule has 19 heavy (non-hydrogen) atoms. The molecule has 0 bridgehead atoms. The quantitative estimate of drug-likeness (QED) is 0.796. The highest BCUT2D eigenvalue weighted by Gasteiger charge is 2.26. The van der Waals surface area contributed by atoms with Crippen LogP contribution in [0.5, 0.6) is 0 Å². The minimum Gasteiger partial charge on any atom is -0.480 e. The summed E-state index contributed by atoms with van der Waals surface area (Å²) in [6, 6.07) is 4.30. The summed E-state index contributed by atoms with van der Waals surface area (Å²) in [6.45, 7) is 6.01.